The molecule has 0 unspecified atom stereocenters. The quantitative estimate of drug-likeness (QED) is 0.748. The largest absolute Gasteiger partial charge is 0.478 e. The molecule has 1 aliphatic carbocycles. The van der Waals surface area contributed by atoms with Crippen LogP contribution in [0.5, 0.6) is 0 Å². The van der Waals surface area contributed by atoms with Gasteiger partial charge in [-0.15, -0.1) is 0 Å². The molecule has 1 aromatic rings. The van der Waals surface area contributed by atoms with Gasteiger partial charge in [0.15, 0.2) is 0 Å². The van der Waals surface area contributed by atoms with Crippen LogP contribution in [0.15, 0.2) is 35.9 Å². The highest BCUT2D eigenvalue weighted by molar-refractivity contribution is 6.16. The summed E-state index contributed by atoms with van der Waals surface area (Å²) < 4.78 is 0. The van der Waals surface area contributed by atoms with E-state index in [0.29, 0.717) is 5.57 Å². The zero-order valence-corrected chi connectivity index (χ0v) is 8.57. The van der Waals surface area contributed by atoms with Crippen molar-refractivity contribution in [1.29, 1.82) is 0 Å². The molecule has 0 heterocycles. The Hall–Kier alpha value is -1.57. The lowest BCUT2D eigenvalue weighted by atomic mass is 9.99. The Bertz CT molecular complexity index is 382. The van der Waals surface area contributed by atoms with Crippen LogP contribution in [0, 0.1) is 0 Å². The smallest absolute Gasteiger partial charge is 0.336 e. The molecule has 0 spiro atoms. The lowest BCUT2D eigenvalue weighted by Gasteiger charge is -2.06. The number of carbonyl (C=O) groups is 1. The molecule has 0 aliphatic heterocycles. The van der Waals surface area contributed by atoms with Crippen molar-refractivity contribution in [2.45, 2.75) is 25.7 Å². The van der Waals surface area contributed by atoms with Crippen LogP contribution < -0.4 is 0 Å². The van der Waals surface area contributed by atoms with Crippen molar-refractivity contribution in [2.75, 3.05) is 0 Å². The fourth-order valence-corrected chi connectivity index (χ4v) is 2.14. The molecule has 1 aromatic carbocycles. The van der Waals surface area contributed by atoms with Gasteiger partial charge in [-0.3, -0.25) is 0 Å². The first-order valence-electron chi connectivity index (χ1n) is 5.30. The van der Waals surface area contributed by atoms with E-state index >= 15 is 0 Å². The van der Waals surface area contributed by atoms with E-state index < -0.39 is 5.97 Å². The van der Waals surface area contributed by atoms with Crippen LogP contribution in [0.1, 0.15) is 31.2 Å². The topological polar surface area (TPSA) is 37.3 Å². The summed E-state index contributed by atoms with van der Waals surface area (Å²) in [5.74, 6) is -0.793. The summed E-state index contributed by atoms with van der Waals surface area (Å²) in [6.07, 6.45) is 4.13. The van der Waals surface area contributed by atoms with Crippen molar-refractivity contribution in [1.82, 2.24) is 0 Å². The lowest BCUT2D eigenvalue weighted by Crippen LogP contribution is -2.02. The molecule has 0 amide bonds. The van der Waals surface area contributed by atoms with E-state index in [1.807, 2.05) is 30.3 Å². The fraction of sp³-hybridized carbons (Fsp3) is 0.308. The van der Waals surface area contributed by atoms with Crippen molar-refractivity contribution in [2.24, 2.45) is 0 Å². The lowest BCUT2D eigenvalue weighted by molar-refractivity contribution is -0.130. The summed E-state index contributed by atoms with van der Waals surface area (Å²) in [5, 5.41) is 9.23. The molecular formula is C13H14O2. The molecule has 0 atom stereocenters. The number of benzene rings is 1. The van der Waals surface area contributed by atoms with Gasteiger partial charge in [-0.05, 0) is 31.2 Å². The third kappa shape index (κ3) is 2.09. The van der Waals surface area contributed by atoms with Crippen LogP contribution in [0.3, 0.4) is 0 Å². The third-order valence-electron chi connectivity index (χ3n) is 2.84. The number of hydrogen-bond acceptors (Lipinski definition) is 1. The summed E-state index contributed by atoms with van der Waals surface area (Å²) in [5.41, 5.74) is 2.46. The normalized spacial score (nSPS) is 15.3. The second-order valence-corrected chi connectivity index (χ2v) is 3.86. The Kier molecular flexibility index (Phi) is 2.86. The molecule has 0 aromatic heterocycles. The molecule has 0 bridgehead atoms. The van der Waals surface area contributed by atoms with E-state index in [0.717, 1.165) is 36.8 Å². The number of carboxylic acid groups (broad SMARTS) is 1. The molecule has 1 aliphatic rings. The van der Waals surface area contributed by atoms with Gasteiger partial charge in [0.2, 0.25) is 0 Å². The fourth-order valence-electron chi connectivity index (χ4n) is 2.14. The summed E-state index contributed by atoms with van der Waals surface area (Å²) in [6.45, 7) is 0. The average molecular weight is 202 g/mol. The maximum absolute atomic E-state index is 11.2. The number of hydrogen-bond donors (Lipinski definition) is 1. The summed E-state index contributed by atoms with van der Waals surface area (Å²) in [6, 6.07) is 9.41. The van der Waals surface area contributed by atoms with E-state index in [1.54, 1.807) is 0 Å². The van der Waals surface area contributed by atoms with E-state index in [1.165, 1.54) is 0 Å². The zero-order valence-electron chi connectivity index (χ0n) is 8.57. The van der Waals surface area contributed by atoms with Crippen LogP contribution in [0.2, 0.25) is 0 Å². The van der Waals surface area contributed by atoms with Crippen LogP contribution in [0.25, 0.3) is 5.57 Å². The van der Waals surface area contributed by atoms with Gasteiger partial charge in [0.1, 0.15) is 0 Å². The highest BCUT2D eigenvalue weighted by atomic mass is 16.4. The minimum absolute atomic E-state index is 0.521. The van der Waals surface area contributed by atoms with Gasteiger partial charge < -0.3 is 5.11 Å². The predicted octanol–water partition coefficient (Wildman–Crippen LogP) is 3.10. The molecule has 1 saturated carbocycles. The molecule has 0 saturated heterocycles. The first kappa shape index (κ1) is 9.97. The summed E-state index contributed by atoms with van der Waals surface area (Å²) in [7, 11) is 0. The molecule has 1 fully saturated rings. The standard InChI is InChI=1S/C13H14O2/c14-13(15)12(11-8-4-5-9-11)10-6-2-1-3-7-10/h1-3,6-7H,4-5,8-9H2,(H,14,15). The van der Waals surface area contributed by atoms with Gasteiger partial charge in [-0.25, -0.2) is 4.79 Å². The molecule has 0 radical (unpaired) electrons. The minimum Gasteiger partial charge on any atom is -0.478 e. The van der Waals surface area contributed by atoms with E-state index in [4.69, 9.17) is 0 Å². The van der Waals surface area contributed by atoms with Crippen molar-refractivity contribution in [3.63, 3.8) is 0 Å². The van der Waals surface area contributed by atoms with Gasteiger partial charge >= 0.3 is 5.97 Å². The maximum atomic E-state index is 11.2. The van der Waals surface area contributed by atoms with Crippen molar-refractivity contribution >= 4 is 11.5 Å². The first-order valence-corrected chi connectivity index (χ1v) is 5.30. The minimum atomic E-state index is -0.793. The highest BCUT2D eigenvalue weighted by Crippen LogP contribution is 2.31. The maximum Gasteiger partial charge on any atom is 0.336 e. The Balaban J connectivity index is 2.45. The predicted molar refractivity (Wildman–Crippen MR) is 59.5 cm³/mol. The van der Waals surface area contributed by atoms with Crippen LogP contribution in [-0.4, -0.2) is 11.1 Å². The number of allylic oxidation sites excluding steroid dienone is 1. The van der Waals surface area contributed by atoms with Gasteiger partial charge in [0.05, 0.1) is 5.57 Å². The molecule has 2 rings (SSSR count). The van der Waals surface area contributed by atoms with Crippen LogP contribution >= 0.6 is 0 Å². The second-order valence-electron chi connectivity index (χ2n) is 3.86. The van der Waals surface area contributed by atoms with E-state index in [2.05, 4.69) is 0 Å². The molecule has 15 heavy (non-hydrogen) atoms. The van der Waals surface area contributed by atoms with Crippen molar-refractivity contribution < 1.29 is 9.90 Å². The molecule has 78 valence electrons. The molecule has 2 nitrogen and oxygen atoms in total. The number of rotatable bonds is 2. The van der Waals surface area contributed by atoms with Crippen LogP contribution in [-0.2, 0) is 4.79 Å². The van der Waals surface area contributed by atoms with Gasteiger partial charge in [0, 0.05) is 0 Å². The van der Waals surface area contributed by atoms with Gasteiger partial charge in [-0.2, -0.15) is 0 Å². The van der Waals surface area contributed by atoms with Crippen molar-refractivity contribution in [3.05, 3.63) is 41.5 Å². The molecule has 1 N–H and O–H groups in total. The van der Waals surface area contributed by atoms with Gasteiger partial charge in [0.25, 0.3) is 0 Å². The number of carboxylic acids is 1. The summed E-state index contributed by atoms with van der Waals surface area (Å²) >= 11 is 0. The highest BCUT2D eigenvalue weighted by Gasteiger charge is 2.18. The van der Waals surface area contributed by atoms with Crippen molar-refractivity contribution in [3.8, 4) is 0 Å². The van der Waals surface area contributed by atoms with E-state index in [9.17, 15) is 9.90 Å². The van der Waals surface area contributed by atoms with Crippen LogP contribution in [0.4, 0.5) is 0 Å². The molecule has 2 heteroatoms. The Morgan fingerprint density at radius 2 is 1.67 bits per heavy atom. The Labute approximate surface area is 89.2 Å². The number of aliphatic carboxylic acids is 1. The first-order chi connectivity index (χ1) is 7.29. The molecular weight excluding hydrogens is 188 g/mol. The monoisotopic (exact) mass is 202 g/mol. The SMILES string of the molecule is O=C(O)C(=C1CCCC1)c1ccccc1. The van der Waals surface area contributed by atoms with Gasteiger partial charge in [-0.1, -0.05) is 35.9 Å². The Morgan fingerprint density at radius 1 is 1.07 bits per heavy atom. The zero-order chi connectivity index (χ0) is 10.7. The Morgan fingerprint density at radius 3 is 2.20 bits per heavy atom. The average Bonchev–Trinajstić information content (AvgIpc) is 2.72. The third-order valence-corrected chi connectivity index (χ3v) is 2.84. The summed E-state index contributed by atoms with van der Waals surface area (Å²) in [4.78, 5) is 11.2. The second kappa shape index (κ2) is 4.30. The van der Waals surface area contributed by atoms with E-state index in [-0.39, 0.29) is 0 Å².